The third-order valence-electron chi connectivity index (χ3n) is 2.63. The molecule has 5 nitrogen and oxygen atoms in total. The Kier molecular flexibility index (Phi) is 5.71. The van der Waals surface area contributed by atoms with Gasteiger partial charge in [0, 0.05) is 6.54 Å². The summed E-state index contributed by atoms with van der Waals surface area (Å²) in [5.74, 6) is -2.60. The van der Waals surface area contributed by atoms with E-state index < -0.39 is 30.7 Å². The minimum Gasteiger partial charge on any atom is -0.469 e. The van der Waals surface area contributed by atoms with Crippen LogP contribution in [0.5, 0.6) is 0 Å². The third-order valence-corrected chi connectivity index (χ3v) is 2.63. The summed E-state index contributed by atoms with van der Waals surface area (Å²) in [7, 11) is 1.23. The minimum absolute atomic E-state index is 0.0219. The Hall–Kier alpha value is -2.09. The quantitative estimate of drug-likeness (QED) is 0.799. The second-order valence-corrected chi connectivity index (χ2v) is 4.22. The molecule has 116 valence electrons. The van der Waals surface area contributed by atoms with E-state index in [2.05, 4.69) is 4.74 Å². The third kappa shape index (κ3) is 5.42. The standard InChI is InChI=1S/C13H14F3NO4/c1-21-11(19)6-8-3-2-4-9(5-8)10(18)7-17-12(20)13(14,15)16/h2-5,10,18H,6-7H2,1H3,(H,17,20). The van der Waals surface area contributed by atoms with E-state index in [1.807, 2.05) is 0 Å². The van der Waals surface area contributed by atoms with Crippen molar-refractivity contribution in [3.05, 3.63) is 35.4 Å². The molecule has 0 bridgehead atoms. The van der Waals surface area contributed by atoms with Crippen LogP contribution in [0.15, 0.2) is 24.3 Å². The molecule has 2 N–H and O–H groups in total. The van der Waals surface area contributed by atoms with E-state index in [1.165, 1.54) is 19.2 Å². The van der Waals surface area contributed by atoms with Crippen LogP contribution in [0.1, 0.15) is 17.2 Å². The highest BCUT2D eigenvalue weighted by Gasteiger charge is 2.38. The number of nitrogens with one attached hydrogen (secondary N) is 1. The first-order valence-electron chi connectivity index (χ1n) is 5.92. The number of esters is 1. The molecule has 0 spiro atoms. The van der Waals surface area contributed by atoms with E-state index in [0.29, 0.717) is 11.1 Å². The molecule has 0 heterocycles. The zero-order valence-electron chi connectivity index (χ0n) is 11.1. The van der Waals surface area contributed by atoms with E-state index in [-0.39, 0.29) is 6.42 Å². The van der Waals surface area contributed by atoms with Crippen LogP contribution in [-0.2, 0) is 20.7 Å². The molecule has 1 rings (SSSR count). The lowest BCUT2D eigenvalue weighted by atomic mass is 10.0. The lowest BCUT2D eigenvalue weighted by molar-refractivity contribution is -0.174. The Balaban J connectivity index is 2.66. The van der Waals surface area contributed by atoms with Crippen molar-refractivity contribution in [1.82, 2.24) is 5.32 Å². The zero-order chi connectivity index (χ0) is 16.0. The summed E-state index contributed by atoms with van der Waals surface area (Å²) in [5, 5.41) is 11.3. The monoisotopic (exact) mass is 305 g/mol. The van der Waals surface area contributed by atoms with Gasteiger partial charge < -0.3 is 15.2 Å². The SMILES string of the molecule is COC(=O)Cc1cccc(C(O)CNC(=O)C(F)(F)F)c1. The molecule has 0 aliphatic carbocycles. The number of ether oxygens (including phenoxy) is 1. The van der Waals surface area contributed by atoms with Crippen molar-refractivity contribution in [3.8, 4) is 0 Å². The van der Waals surface area contributed by atoms with E-state index in [0.717, 1.165) is 0 Å². The number of methoxy groups -OCH3 is 1. The average molecular weight is 305 g/mol. The van der Waals surface area contributed by atoms with Gasteiger partial charge in [-0.25, -0.2) is 0 Å². The Morgan fingerprint density at radius 3 is 2.62 bits per heavy atom. The topological polar surface area (TPSA) is 75.6 Å². The summed E-state index contributed by atoms with van der Waals surface area (Å²) in [4.78, 5) is 21.8. The molecule has 8 heteroatoms. The molecular weight excluding hydrogens is 291 g/mol. The van der Waals surface area contributed by atoms with Crippen molar-refractivity contribution in [3.63, 3.8) is 0 Å². The fourth-order valence-corrected chi connectivity index (χ4v) is 1.56. The van der Waals surface area contributed by atoms with E-state index in [9.17, 15) is 27.9 Å². The van der Waals surface area contributed by atoms with Crippen LogP contribution in [0.25, 0.3) is 0 Å². The van der Waals surface area contributed by atoms with Gasteiger partial charge in [0.1, 0.15) is 0 Å². The van der Waals surface area contributed by atoms with Crippen LogP contribution in [0, 0.1) is 0 Å². The fraction of sp³-hybridized carbons (Fsp3) is 0.385. The number of carbonyl (C=O) groups excluding carboxylic acids is 2. The average Bonchev–Trinajstić information content (AvgIpc) is 2.43. The number of hydrogen-bond acceptors (Lipinski definition) is 4. The number of aliphatic hydroxyl groups is 1. The Morgan fingerprint density at radius 2 is 2.05 bits per heavy atom. The second kappa shape index (κ2) is 7.07. The first-order valence-corrected chi connectivity index (χ1v) is 5.92. The summed E-state index contributed by atoms with van der Waals surface area (Å²) in [5.41, 5.74) is 0.833. The fourth-order valence-electron chi connectivity index (χ4n) is 1.56. The Bertz CT molecular complexity index is 516. The van der Waals surface area contributed by atoms with Crippen molar-refractivity contribution in [2.45, 2.75) is 18.7 Å². The van der Waals surface area contributed by atoms with Gasteiger partial charge in [0.15, 0.2) is 0 Å². The van der Waals surface area contributed by atoms with Crippen molar-refractivity contribution in [2.75, 3.05) is 13.7 Å². The van der Waals surface area contributed by atoms with Gasteiger partial charge in [-0.2, -0.15) is 13.2 Å². The molecule has 0 aliphatic rings. The maximum absolute atomic E-state index is 12.0. The minimum atomic E-state index is -4.99. The van der Waals surface area contributed by atoms with Crippen LogP contribution in [0.3, 0.4) is 0 Å². The first-order chi connectivity index (χ1) is 9.74. The van der Waals surface area contributed by atoms with Gasteiger partial charge in [0.05, 0.1) is 19.6 Å². The molecule has 0 fully saturated rings. The number of amides is 1. The summed E-state index contributed by atoms with van der Waals surface area (Å²) >= 11 is 0. The van der Waals surface area contributed by atoms with Gasteiger partial charge in [0.25, 0.3) is 0 Å². The molecule has 0 saturated heterocycles. The zero-order valence-corrected chi connectivity index (χ0v) is 11.1. The van der Waals surface area contributed by atoms with E-state index in [4.69, 9.17) is 0 Å². The number of rotatable bonds is 5. The molecule has 1 aromatic carbocycles. The smallest absolute Gasteiger partial charge is 0.469 e. The van der Waals surface area contributed by atoms with Crippen LogP contribution in [-0.4, -0.2) is 36.8 Å². The van der Waals surface area contributed by atoms with Crippen LogP contribution >= 0.6 is 0 Å². The largest absolute Gasteiger partial charge is 0.471 e. The summed E-state index contributed by atoms with van der Waals surface area (Å²) in [6.07, 6.45) is -6.33. The van der Waals surface area contributed by atoms with Gasteiger partial charge >= 0.3 is 18.1 Å². The highest BCUT2D eigenvalue weighted by molar-refractivity contribution is 5.81. The number of alkyl halides is 3. The highest BCUT2D eigenvalue weighted by atomic mass is 19.4. The predicted molar refractivity (Wildman–Crippen MR) is 66.2 cm³/mol. The van der Waals surface area contributed by atoms with Gasteiger partial charge in [-0.05, 0) is 11.1 Å². The van der Waals surface area contributed by atoms with Crippen LogP contribution < -0.4 is 5.32 Å². The molecule has 0 aromatic heterocycles. The Labute approximate surface area is 118 Å². The van der Waals surface area contributed by atoms with Gasteiger partial charge in [0.2, 0.25) is 0 Å². The second-order valence-electron chi connectivity index (χ2n) is 4.22. The first kappa shape index (κ1) is 17.0. The summed E-state index contributed by atoms with van der Waals surface area (Å²) < 4.78 is 40.5. The van der Waals surface area contributed by atoms with Gasteiger partial charge in [-0.15, -0.1) is 0 Å². The maximum Gasteiger partial charge on any atom is 0.471 e. The summed E-state index contributed by atoms with van der Waals surface area (Å²) in [6, 6.07) is 6.09. The van der Waals surface area contributed by atoms with Crippen molar-refractivity contribution in [2.24, 2.45) is 0 Å². The van der Waals surface area contributed by atoms with Gasteiger partial charge in [-0.3, -0.25) is 9.59 Å². The number of halogens is 3. The predicted octanol–water partition coefficient (Wildman–Crippen LogP) is 1.11. The van der Waals surface area contributed by atoms with Gasteiger partial charge in [-0.1, -0.05) is 24.3 Å². The van der Waals surface area contributed by atoms with Crippen molar-refractivity contribution in [1.29, 1.82) is 0 Å². The number of hydrogen-bond donors (Lipinski definition) is 2. The molecule has 1 atom stereocenters. The van der Waals surface area contributed by atoms with E-state index in [1.54, 1.807) is 17.4 Å². The van der Waals surface area contributed by atoms with Crippen LogP contribution in [0.4, 0.5) is 13.2 Å². The lowest BCUT2D eigenvalue weighted by Gasteiger charge is -2.14. The molecule has 0 aliphatic heterocycles. The number of carbonyl (C=O) groups is 2. The molecule has 0 saturated carbocycles. The number of aliphatic hydroxyl groups excluding tert-OH is 1. The van der Waals surface area contributed by atoms with Crippen LogP contribution in [0.2, 0.25) is 0 Å². The molecule has 1 unspecified atom stereocenters. The highest BCUT2D eigenvalue weighted by Crippen LogP contribution is 2.17. The Morgan fingerprint density at radius 1 is 1.38 bits per heavy atom. The maximum atomic E-state index is 12.0. The lowest BCUT2D eigenvalue weighted by Crippen LogP contribution is -2.38. The normalized spacial score (nSPS) is 12.6. The number of benzene rings is 1. The molecular formula is C13H14F3NO4. The van der Waals surface area contributed by atoms with Crippen molar-refractivity contribution < 1.29 is 32.6 Å². The molecule has 1 aromatic rings. The van der Waals surface area contributed by atoms with Crippen molar-refractivity contribution >= 4 is 11.9 Å². The molecule has 0 radical (unpaired) electrons. The molecule has 21 heavy (non-hydrogen) atoms. The van der Waals surface area contributed by atoms with E-state index >= 15 is 0 Å². The molecule has 1 amide bonds. The summed E-state index contributed by atoms with van der Waals surface area (Å²) in [6.45, 7) is -0.583.